The second kappa shape index (κ2) is 5.19. The second-order valence-corrected chi connectivity index (χ2v) is 4.41. The summed E-state index contributed by atoms with van der Waals surface area (Å²) >= 11 is 0. The smallest absolute Gasteiger partial charge is 0.0953 e. The van der Waals surface area contributed by atoms with Gasteiger partial charge in [0, 0.05) is 5.56 Å². The fourth-order valence-corrected chi connectivity index (χ4v) is 2.20. The molecule has 2 nitrogen and oxygen atoms in total. The van der Waals surface area contributed by atoms with Crippen LogP contribution in [0.1, 0.15) is 35.2 Å². The summed E-state index contributed by atoms with van der Waals surface area (Å²) in [6.07, 6.45) is 3.54. The first-order valence-corrected chi connectivity index (χ1v) is 6.05. The van der Waals surface area contributed by atoms with Crippen molar-refractivity contribution in [2.75, 3.05) is 6.54 Å². The number of nitrogens with one attached hydrogen (secondary N) is 1. The summed E-state index contributed by atoms with van der Waals surface area (Å²) in [7, 11) is 0. The first-order chi connectivity index (χ1) is 8.22. The van der Waals surface area contributed by atoms with E-state index < -0.39 is 0 Å². The Labute approximate surface area is 103 Å². The zero-order chi connectivity index (χ0) is 12.3. The molecular formula is C15H19NO. The Kier molecular flexibility index (Phi) is 3.64. The van der Waals surface area contributed by atoms with Gasteiger partial charge >= 0.3 is 0 Å². The van der Waals surface area contributed by atoms with E-state index in [9.17, 15) is 0 Å². The SMILES string of the molecule is CCNC(c1ccoc1)c1ccc(C)cc1C. The minimum absolute atomic E-state index is 0.222. The van der Waals surface area contributed by atoms with Gasteiger partial charge in [0.25, 0.3) is 0 Å². The van der Waals surface area contributed by atoms with Crippen LogP contribution < -0.4 is 5.32 Å². The molecule has 1 aromatic heterocycles. The summed E-state index contributed by atoms with van der Waals surface area (Å²) in [5.41, 5.74) is 5.11. The predicted molar refractivity (Wildman–Crippen MR) is 70.1 cm³/mol. The van der Waals surface area contributed by atoms with Crippen LogP contribution in [0.4, 0.5) is 0 Å². The van der Waals surface area contributed by atoms with Gasteiger partial charge in [-0.3, -0.25) is 0 Å². The number of benzene rings is 1. The van der Waals surface area contributed by atoms with E-state index in [4.69, 9.17) is 4.42 Å². The summed E-state index contributed by atoms with van der Waals surface area (Å²) < 4.78 is 5.19. The number of furan rings is 1. The van der Waals surface area contributed by atoms with Crippen LogP contribution in [-0.2, 0) is 0 Å². The average Bonchev–Trinajstić information content (AvgIpc) is 2.80. The molecule has 1 heterocycles. The van der Waals surface area contributed by atoms with E-state index >= 15 is 0 Å². The Balaban J connectivity index is 2.39. The van der Waals surface area contributed by atoms with Crippen molar-refractivity contribution >= 4 is 0 Å². The molecule has 1 atom stereocenters. The molecule has 17 heavy (non-hydrogen) atoms. The van der Waals surface area contributed by atoms with Gasteiger partial charge in [-0.2, -0.15) is 0 Å². The molecule has 1 N–H and O–H groups in total. The Morgan fingerprint density at radius 2 is 2.06 bits per heavy atom. The molecule has 1 aromatic carbocycles. The van der Waals surface area contributed by atoms with Crippen LogP contribution in [0.2, 0.25) is 0 Å². The van der Waals surface area contributed by atoms with Crippen LogP contribution >= 0.6 is 0 Å². The minimum Gasteiger partial charge on any atom is -0.472 e. The Morgan fingerprint density at radius 3 is 2.65 bits per heavy atom. The molecule has 0 aliphatic carbocycles. The fourth-order valence-electron chi connectivity index (χ4n) is 2.20. The minimum atomic E-state index is 0.222. The van der Waals surface area contributed by atoms with Gasteiger partial charge in [-0.15, -0.1) is 0 Å². The van der Waals surface area contributed by atoms with E-state index in [1.54, 1.807) is 6.26 Å². The molecule has 0 fully saturated rings. The molecule has 0 saturated heterocycles. The summed E-state index contributed by atoms with van der Waals surface area (Å²) in [4.78, 5) is 0. The van der Waals surface area contributed by atoms with Crippen molar-refractivity contribution in [3.8, 4) is 0 Å². The van der Waals surface area contributed by atoms with Crippen LogP contribution in [0.5, 0.6) is 0 Å². The van der Waals surface area contributed by atoms with E-state index in [1.165, 1.54) is 22.3 Å². The third-order valence-corrected chi connectivity index (χ3v) is 3.02. The maximum Gasteiger partial charge on any atom is 0.0953 e. The molecule has 0 radical (unpaired) electrons. The molecule has 0 amide bonds. The van der Waals surface area contributed by atoms with Crippen molar-refractivity contribution in [1.82, 2.24) is 5.32 Å². The zero-order valence-electron chi connectivity index (χ0n) is 10.7. The lowest BCUT2D eigenvalue weighted by Gasteiger charge is -2.19. The molecule has 0 bridgehead atoms. The number of hydrogen-bond donors (Lipinski definition) is 1. The fraction of sp³-hybridized carbons (Fsp3) is 0.333. The van der Waals surface area contributed by atoms with E-state index in [-0.39, 0.29) is 6.04 Å². The highest BCUT2D eigenvalue weighted by atomic mass is 16.3. The molecule has 2 aromatic rings. The first-order valence-electron chi connectivity index (χ1n) is 6.05. The van der Waals surface area contributed by atoms with Crippen molar-refractivity contribution in [1.29, 1.82) is 0 Å². The standard InChI is InChI=1S/C15H19NO/c1-4-16-15(13-7-8-17-10-13)14-6-5-11(2)9-12(14)3/h5-10,15-16H,4H2,1-3H3. The molecule has 2 heteroatoms. The first kappa shape index (κ1) is 11.9. The molecule has 0 aliphatic rings. The Hall–Kier alpha value is -1.54. The highest BCUT2D eigenvalue weighted by Crippen LogP contribution is 2.25. The monoisotopic (exact) mass is 229 g/mol. The zero-order valence-corrected chi connectivity index (χ0v) is 10.7. The third kappa shape index (κ3) is 2.59. The van der Waals surface area contributed by atoms with Crippen LogP contribution in [0, 0.1) is 13.8 Å². The van der Waals surface area contributed by atoms with Crippen LogP contribution in [0.25, 0.3) is 0 Å². The van der Waals surface area contributed by atoms with Gasteiger partial charge in [-0.05, 0) is 37.6 Å². The van der Waals surface area contributed by atoms with Crippen molar-refractivity contribution < 1.29 is 4.42 Å². The maximum absolute atomic E-state index is 5.19. The Morgan fingerprint density at radius 1 is 1.24 bits per heavy atom. The van der Waals surface area contributed by atoms with E-state index in [0.717, 1.165) is 6.54 Å². The maximum atomic E-state index is 5.19. The van der Waals surface area contributed by atoms with Gasteiger partial charge in [-0.1, -0.05) is 30.7 Å². The lowest BCUT2D eigenvalue weighted by molar-refractivity contribution is 0.552. The van der Waals surface area contributed by atoms with Gasteiger partial charge in [0.15, 0.2) is 0 Å². The van der Waals surface area contributed by atoms with Crippen molar-refractivity contribution in [2.24, 2.45) is 0 Å². The number of aryl methyl sites for hydroxylation is 2. The van der Waals surface area contributed by atoms with Gasteiger partial charge in [0.05, 0.1) is 18.6 Å². The quantitative estimate of drug-likeness (QED) is 0.866. The molecule has 90 valence electrons. The third-order valence-electron chi connectivity index (χ3n) is 3.02. The molecule has 0 aliphatic heterocycles. The summed E-state index contributed by atoms with van der Waals surface area (Å²) in [6.45, 7) is 7.34. The average molecular weight is 229 g/mol. The van der Waals surface area contributed by atoms with Crippen LogP contribution in [0.15, 0.2) is 41.2 Å². The summed E-state index contributed by atoms with van der Waals surface area (Å²) in [5.74, 6) is 0. The molecule has 1 unspecified atom stereocenters. The van der Waals surface area contributed by atoms with Gasteiger partial charge < -0.3 is 9.73 Å². The predicted octanol–water partition coefficient (Wildman–Crippen LogP) is 3.60. The van der Waals surface area contributed by atoms with Gasteiger partial charge in [0.1, 0.15) is 0 Å². The highest BCUT2D eigenvalue weighted by molar-refractivity contribution is 5.37. The van der Waals surface area contributed by atoms with E-state index in [0.29, 0.717) is 0 Å². The topological polar surface area (TPSA) is 25.2 Å². The summed E-state index contributed by atoms with van der Waals surface area (Å²) in [6, 6.07) is 8.82. The molecule has 2 rings (SSSR count). The molecule has 0 spiro atoms. The lowest BCUT2D eigenvalue weighted by Crippen LogP contribution is -2.22. The van der Waals surface area contributed by atoms with E-state index in [1.807, 2.05) is 12.3 Å². The van der Waals surface area contributed by atoms with Crippen LogP contribution in [-0.4, -0.2) is 6.54 Å². The number of rotatable bonds is 4. The van der Waals surface area contributed by atoms with Gasteiger partial charge in [-0.25, -0.2) is 0 Å². The number of hydrogen-bond acceptors (Lipinski definition) is 2. The van der Waals surface area contributed by atoms with Crippen LogP contribution in [0.3, 0.4) is 0 Å². The van der Waals surface area contributed by atoms with E-state index in [2.05, 4.69) is 44.3 Å². The lowest BCUT2D eigenvalue weighted by atomic mass is 9.95. The van der Waals surface area contributed by atoms with Gasteiger partial charge in [0.2, 0.25) is 0 Å². The molecular weight excluding hydrogens is 210 g/mol. The summed E-state index contributed by atoms with van der Waals surface area (Å²) in [5, 5.41) is 3.50. The second-order valence-electron chi connectivity index (χ2n) is 4.41. The molecule has 0 saturated carbocycles. The normalized spacial score (nSPS) is 12.6. The largest absolute Gasteiger partial charge is 0.472 e. The van der Waals surface area contributed by atoms with Crippen molar-refractivity contribution in [3.63, 3.8) is 0 Å². The van der Waals surface area contributed by atoms with Crippen molar-refractivity contribution in [2.45, 2.75) is 26.8 Å². The van der Waals surface area contributed by atoms with Crippen molar-refractivity contribution in [3.05, 3.63) is 59.0 Å². The highest BCUT2D eigenvalue weighted by Gasteiger charge is 2.15. The Bertz CT molecular complexity index is 474.